The second-order valence-corrected chi connectivity index (χ2v) is 5.52. The third kappa shape index (κ3) is 5.00. The summed E-state index contributed by atoms with van der Waals surface area (Å²) in [5.41, 5.74) is 5.17. The van der Waals surface area contributed by atoms with Crippen LogP contribution in [-0.2, 0) is 4.79 Å². The zero-order chi connectivity index (χ0) is 20.0. The van der Waals surface area contributed by atoms with E-state index in [0.29, 0.717) is 5.69 Å². The second kappa shape index (κ2) is 8.75. The van der Waals surface area contributed by atoms with Gasteiger partial charge in [-0.15, -0.1) is 0 Å². The molecule has 0 heterocycles. The Balaban J connectivity index is 2.41. The number of primary amides is 1. The molecular weight excluding hydrogens is 357 g/mol. The number of carbonyl (C=O) groups excluding carboxylic acids is 2. The van der Waals surface area contributed by atoms with Crippen LogP contribution in [0.5, 0.6) is 5.75 Å². The molecule has 2 aromatic rings. The fourth-order valence-electron chi connectivity index (χ4n) is 2.42. The highest BCUT2D eigenvalue weighted by Gasteiger charge is 2.23. The van der Waals surface area contributed by atoms with Gasteiger partial charge >= 0.3 is 5.69 Å². The number of nitrogens with two attached hydrogens (primary N) is 1. The van der Waals surface area contributed by atoms with E-state index < -0.39 is 22.6 Å². The Bertz CT molecular complexity index is 855. The van der Waals surface area contributed by atoms with Crippen LogP contribution in [0.15, 0.2) is 42.5 Å². The molecule has 0 radical (unpaired) electrons. The number of anilines is 1. The van der Waals surface area contributed by atoms with Gasteiger partial charge in [-0.2, -0.15) is 0 Å². The van der Waals surface area contributed by atoms with Crippen molar-refractivity contribution in [2.24, 2.45) is 5.73 Å². The lowest BCUT2D eigenvalue weighted by atomic mass is 10.1. The van der Waals surface area contributed by atoms with Crippen molar-refractivity contribution in [2.45, 2.75) is 13.3 Å². The maximum atomic E-state index is 13.2. The summed E-state index contributed by atoms with van der Waals surface area (Å²) in [6.45, 7) is 1.86. The van der Waals surface area contributed by atoms with Gasteiger partial charge in [-0.1, -0.05) is 0 Å². The third-order valence-corrected chi connectivity index (χ3v) is 3.67. The molecule has 27 heavy (non-hydrogen) atoms. The Morgan fingerprint density at radius 1 is 1.22 bits per heavy atom. The van der Waals surface area contributed by atoms with Crippen LogP contribution < -0.4 is 15.4 Å². The smallest absolute Gasteiger partial charge is 0.311 e. The molecule has 0 saturated heterocycles. The monoisotopic (exact) mass is 375 g/mol. The molecule has 2 aromatic carbocycles. The van der Waals surface area contributed by atoms with E-state index in [0.717, 1.165) is 6.07 Å². The first kappa shape index (κ1) is 19.8. The van der Waals surface area contributed by atoms with E-state index in [9.17, 15) is 24.1 Å². The molecule has 2 N–H and O–H groups in total. The van der Waals surface area contributed by atoms with E-state index in [4.69, 9.17) is 10.5 Å². The summed E-state index contributed by atoms with van der Waals surface area (Å²) in [4.78, 5) is 35.9. The van der Waals surface area contributed by atoms with Crippen LogP contribution in [0.1, 0.15) is 23.7 Å². The molecule has 0 spiro atoms. The lowest BCUT2D eigenvalue weighted by Crippen LogP contribution is -2.34. The molecule has 0 fully saturated rings. The van der Waals surface area contributed by atoms with Crippen molar-refractivity contribution in [1.82, 2.24) is 0 Å². The van der Waals surface area contributed by atoms with Crippen molar-refractivity contribution in [2.75, 3.05) is 18.1 Å². The Hall–Kier alpha value is -3.49. The molecule has 9 heteroatoms. The van der Waals surface area contributed by atoms with Crippen LogP contribution in [0, 0.1) is 15.9 Å². The van der Waals surface area contributed by atoms with Gasteiger partial charge in [0.25, 0.3) is 5.91 Å². The molecule has 142 valence electrons. The Morgan fingerprint density at radius 3 is 2.44 bits per heavy atom. The number of hydrogen-bond donors (Lipinski definition) is 1. The first-order valence-corrected chi connectivity index (χ1v) is 8.10. The molecule has 0 saturated carbocycles. The first-order chi connectivity index (χ1) is 12.8. The molecule has 2 rings (SSSR count). The van der Waals surface area contributed by atoms with Gasteiger partial charge in [-0.25, -0.2) is 4.39 Å². The summed E-state index contributed by atoms with van der Waals surface area (Å²) < 4.78 is 18.4. The summed E-state index contributed by atoms with van der Waals surface area (Å²) in [6.07, 6.45) is -0.123. The fraction of sp³-hybridized carbons (Fsp3) is 0.222. The highest BCUT2D eigenvalue weighted by molar-refractivity contribution is 6.06. The van der Waals surface area contributed by atoms with E-state index in [1.54, 1.807) is 6.92 Å². The first-order valence-electron chi connectivity index (χ1n) is 8.10. The summed E-state index contributed by atoms with van der Waals surface area (Å²) in [6, 6.07) is 8.91. The minimum Gasteiger partial charge on any atom is -0.487 e. The van der Waals surface area contributed by atoms with Gasteiger partial charge in [0.05, 0.1) is 11.5 Å². The number of nitro groups is 1. The van der Waals surface area contributed by atoms with Gasteiger partial charge in [0.15, 0.2) is 5.75 Å². The number of halogens is 1. The van der Waals surface area contributed by atoms with Crippen molar-refractivity contribution in [1.29, 1.82) is 0 Å². The van der Waals surface area contributed by atoms with Crippen molar-refractivity contribution in [3.05, 3.63) is 64.0 Å². The number of ether oxygens (including phenoxy) is 1. The van der Waals surface area contributed by atoms with E-state index in [1.807, 2.05) is 0 Å². The largest absolute Gasteiger partial charge is 0.487 e. The minimum atomic E-state index is -0.645. The lowest BCUT2D eigenvalue weighted by molar-refractivity contribution is -0.385. The highest BCUT2D eigenvalue weighted by atomic mass is 19.1. The molecule has 2 amide bonds. The number of hydrogen-bond acceptors (Lipinski definition) is 5. The maximum Gasteiger partial charge on any atom is 0.311 e. The van der Waals surface area contributed by atoms with Crippen molar-refractivity contribution < 1.29 is 23.6 Å². The van der Waals surface area contributed by atoms with Crippen molar-refractivity contribution >= 4 is 23.2 Å². The van der Waals surface area contributed by atoms with E-state index in [2.05, 4.69) is 0 Å². The molecule has 0 aliphatic rings. The molecule has 0 unspecified atom stereocenters. The molecular formula is C18H18FN3O5. The third-order valence-electron chi connectivity index (χ3n) is 3.67. The van der Waals surface area contributed by atoms with Crippen LogP contribution in [0.25, 0.3) is 0 Å². The van der Waals surface area contributed by atoms with Crippen molar-refractivity contribution in [3.63, 3.8) is 0 Å². The topological polar surface area (TPSA) is 116 Å². The zero-order valence-electron chi connectivity index (χ0n) is 14.6. The number of nitrogens with zero attached hydrogens (tertiary/aromatic N) is 2. The van der Waals surface area contributed by atoms with Crippen LogP contribution >= 0.6 is 0 Å². The van der Waals surface area contributed by atoms with Gasteiger partial charge in [-0.3, -0.25) is 19.7 Å². The Labute approximate surface area is 154 Å². The predicted molar refractivity (Wildman–Crippen MR) is 96.2 cm³/mol. The summed E-state index contributed by atoms with van der Waals surface area (Å²) in [5.74, 6) is -1.65. The molecule has 0 atom stereocenters. The second-order valence-electron chi connectivity index (χ2n) is 5.52. The number of nitro benzene ring substituents is 1. The number of amides is 2. The highest BCUT2D eigenvalue weighted by Crippen LogP contribution is 2.29. The van der Waals surface area contributed by atoms with Gasteiger partial charge in [0.2, 0.25) is 5.91 Å². The van der Waals surface area contributed by atoms with Gasteiger partial charge in [0, 0.05) is 30.3 Å². The lowest BCUT2D eigenvalue weighted by Gasteiger charge is -2.22. The van der Waals surface area contributed by atoms with E-state index in [-0.39, 0.29) is 36.6 Å². The average molecular weight is 375 g/mol. The average Bonchev–Trinajstić information content (AvgIpc) is 2.63. The normalized spacial score (nSPS) is 10.3. The quantitative estimate of drug-likeness (QED) is 0.562. The number of benzene rings is 2. The Kier molecular flexibility index (Phi) is 6.42. The Morgan fingerprint density at radius 2 is 1.89 bits per heavy atom. The molecule has 8 nitrogen and oxygen atoms in total. The summed E-state index contributed by atoms with van der Waals surface area (Å²) in [7, 11) is 0. The van der Waals surface area contributed by atoms with Crippen LogP contribution in [0.3, 0.4) is 0 Å². The van der Waals surface area contributed by atoms with Gasteiger partial charge in [-0.05, 0) is 43.3 Å². The standard InChI is InChI=1S/C18H18FN3O5/c1-2-27-16-8-3-12(11-15(16)22(25)26)18(24)21(10-9-17(20)23)14-6-4-13(19)5-7-14/h3-8,11H,2,9-10H2,1H3,(H2,20,23). The van der Waals surface area contributed by atoms with Gasteiger partial charge in [0.1, 0.15) is 5.82 Å². The molecule has 0 aromatic heterocycles. The number of rotatable bonds is 8. The van der Waals surface area contributed by atoms with E-state index >= 15 is 0 Å². The van der Waals surface area contributed by atoms with Crippen LogP contribution in [0.4, 0.5) is 15.8 Å². The van der Waals surface area contributed by atoms with Crippen molar-refractivity contribution in [3.8, 4) is 5.75 Å². The number of carbonyl (C=O) groups is 2. The van der Waals surface area contributed by atoms with Crippen LogP contribution in [0.2, 0.25) is 0 Å². The molecule has 0 aliphatic carbocycles. The van der Waals surface area contributed by atoms with E-state index in [1.165, 1.54) is 41.3 Å². The fourth-order valence-corrected chi connectivity index (χ4v) is 2.42. The maximum absolute atomic E-state index is 13.2. The summed E-state index contributed by atoms with van der Waals surface area (Å²) in [5, 5.41) is 11.3. The SMILES string of the molecule is CCOc1ccc(C(=O)N(CCC(N)=O)c2ccc(F)cc2)cc1[N+](=O)[O-]. The zero-order valence-corrected chi connectivity index (χ0v) is 14.6. The van der Waals surface area contributed by atoms with Crippen LogP contribution in [-0.4, -0.2) is 29.9 Å². The molecule has 0 aliphatic heterocycles. The molecule has 0 bridgehead atoms. The van der Waals surface area contributed by atoms with Gasteiger partial charge < -0.3 is 15.4 Å². The predicted octanol–water partition coefficient (Wildman–Crippen LogP) is 2.65. The summed E-state index contributed by atoms with van der Waals surface area (Å²) >= 11 is 0. The minimum absolute atomic E-state index is 0.0268.